The minimum atomic E-state index is 0.290. The van der Waals surface area contributed by atoms with Crippen molar-refractivity contribution in [1.82, 2.24) is 4.98 Å². The molecule has 1 aliphatic rings. The lowest BCUT2D eigenvalue weighted by atomic mass is 9.98. The molecule has 0 saturated heterocycles. The zero-order valence-electron chi connectivity index (χ0n) is 15.9. The minimum Gasteiger partial charge on any atom is -0.410 e. The minimum absolute atomic E-state index is 0.290. The summed E-state index contributed by atoms with van der Waals surface area (Å²) in [6, 6.07) is 28.6. The van der Waals surface area contributed by atoms with Gasteiger partial charge in [-0.05, 0) is 42.2 Å². The van der Waals surface area contributed by atoms with E-state index in [4.69, 9.17) is 4.98 Å². The van der Waals surface area contributed by atoms with Crippen molar-refractivity contribution in [3.8, 4) is 0 Å². The molecule has 4 nitrogen and oxygen atoms in total. The maximum atomic E-state index is 9.68. The zero-order chi connectivity index (χ0) is 19.6. The van der Waals surface area contributed by atoms with E-state index in [1.165, 1.54) is 11.1 Å². The van der Waals surface area contributed by atoms with Gasteiger partial charge in [0.05, 0.1) is 11.6 Å². The summed E-state index contributed by atoms with van der Waals surface area (Å²) in [5, 5.41) is 17.8. The fourth-order valence-corrected chi connectivity index (χ4v) is 4.19. The van der Waals surface area contributed by atoms with Crippen LogP contribution in [0.3, 0.4) is 0 Å². The third kappa shape index (κ3) is 3.23. The van der Waals surface area contributed by atoms with Gasteiger partial charge in [0, 0.05) is 16.5 Å². The quantitative estimate of drug-likeness (QED) is 0.277. The van der Waals surface area contributed by atoms with Gasteiger partial charge in [-0.3, -0.25) is 0 Å². The Morgan fingerprint density at radius 2 is 1.72 bits per heavy atom. The molecule has 4 aromatic rings. The van der Waals surface area contributed by atoms with Gasteiger partial charge in [-0.15, -0.1) is 0 Å². The molecule has 5 rings (SSSR count). The summed E-state index contributed by atoms with van der Waals surface area (Å²) in [5.74, 6) is 0.860. The standard InChI is InChI=1S/C25H21N3O/c29-28-25(18-8-2-1-3-9-18)21-11-6-12-22-20(21)14-16-24(26-22)27-23-15-13-17-7-4-5-10-19(17)23/h1-12,14,16,23,29H,13,15H2,(H,26,27)/b28-25-/t23-/m1/s1. The van der Waals surface area contributed by atoms with Gasteiger partial charge in [0.1, 0.15) is 11.5 Å². The number of nitrogens with one attached hydrogen (secondary N) is 1. The molecule has 0 spiro atoms. The second kappa shape index (κ2) is 7.40. The number of nitrogens with zero attached hydrogens (tertiary/aromatic N) is 2. The van der Waals surface area contributed by atoms with Gasteiger partial charge >= 0.3 is 0 Å². The molecule has 29 heavy (non-hydrogen) atoms. The van der Waals surface area contributed by atoms with Gasteiger partial charge in [-0.2, -0.15) is 0 Å². The molecule has 142 valence electrons. The van der Waals surface area contributed by atoms with E-state index in [1.807, 2.05) is 54.6 Å². The Labute approximate surface area is 169 Å². The monoisotopic (exact) mass is 379 g/mol. The number of hydrogen-bond donors (Lipinski definition) is 2. The van der Waals surface area contributed by atoms with Crippen LogP contribution in [0.5, 0.6) is 0 Å². The normalized spacial score (nSPS) is 16.0. The summed E-state index contributed by atoms with van der Waals surface area (Å²) < 4.78 is 0. The van der Waals surface area contributed by atoms with Crippen LogP contribution in [0.25, 0.3) is 10.9 Å². The average molecular weight is 379 g/mol. The van der Waals surface area contributed by atoms with Crippen LogP contribution in [0.2, 0.25) is 0 Å². The molecule has 1 aliphatic carbocycles. The first-order valence-electron chi connectivity index (χ1n) is 9.85. The highest BCUT2D eigenvalue weighted by Crippen LogP contribution is 2.33. The molecule has 0 aliphatic heterocycles. The Balaban J connectivity index is 1.50. The lowest BCUT2D eigenvalue weighted by Crippen LogP contribution is -2.09. The molecular weight excluding hydrogens is 358 g/mol. The van der Waals surface area contributed by atoms with E-state index in [2.05, 4.69) is 40.8 Å². The second-order valence-corrected chi connectivity index (χ2v) is 7.32. The largest absolute Gasteiger partial charge is 0.410 e. The van der Waals surface area contributed by atoms with Crippen molar-refractivity contribution in [3.05, 3.63) is 107 Å². The zero-order valence-corrected chi connectivity index (χ0v) is 15.9. The van der Waals surface area contributed by atoms with E-state index < -0.39 is 0 Å². The summed E-state index contributed by atoms with van der Waals surface area (Å²) in [6.07, 6.45) is 2.17. The third-order valence-corrected chi connectivity index (χ3v) is 5.59. The number of benzene rings is 3. The van der Waals surface area contributed by atoms with Crippen LogP contribution in [0.1, 0.15) is 34.7 Å². The number of aromatic nitrogens is 1. The first kappa shape index (κ1) is 17.4. The number of hydrogen-bond acceptors (Lipinski definition) is 4. The van der Waals surface area contributed by atoms with Crippen LogP contribution in [-0.4, -0.2) is 15.9 Å². The van der Waals surface area contributed by atoms with E-state index in [1.54, 1.807) is 0 Å². The van der Waals surface area contributed by atoms with Gasteiger partial charge < -0.3 is 10.5 Å². The molecule has 2 N–H and O–H groups in total. The van der Waals surface area contributed by atoms with Crippen molar-refractivity contribution >= 4 is 22.4 Å². The Kier molecular flexibility index (Phi) is 4.45. The summed E-state index contributed by atoms with van der Waals surface area (Å²) in [7, 11) is 0. The van der Waals surface area contributed by atoms with Crippen molar-refractivity contribution < 1.29 is 5.21 Å². The first-order valence-corrected chi connectivity index (χ1v) is 9.85. The molecular formula is C25H21N3O. The summed E-state index contributed by atoms with van der Waals surface area (Å²) >= 11 is 0. The fraction of sp³-hybridized carbons (Fsp3) is 0.120. The third-order valence-electron chi connectivity index (χ3n) is 5.59. The molecule has 0 radical (unpaired) electrons. The van der Waals surface area contributed by atoms with Crippen molar-refractivity contribution in [3.63, 3.8) is 0 Å². The van der Waals surface area contributed by atoms with E-state index >= 15 is 0 Å². The van der Waals surface area contributed by atoms with Crippen molar-refractivity contribution in [2.24, 2.45) is 5.16 Å². The Bertz CT molecular complexity index is 1200. The maximum Gasteiger partial charge on any atom is 0.127 e. The van der Waals surface area contributed by atoms with Gasteiger partial charge in [-0.25, -0.2) is 4.98 Å². The molecule has 1 atom stereocenters. The number of fused-ring (bicyclic) bond motifs is 2. The van der Waals surface area contributed by atoms with Crippen LogP contribution >= 0.6 is 0 Å². The number of anilines is 1. The second-order valence-electron chi connectivity index (χ2n) is 7.32. The lowest BCUT2D eigenvalue weighted by Gasteiger charge is -2.16. The van der Waals surface area contributed by atoms with Crippen LogP contribution in [0.15, 0.2) is 90.1 Å². The van der Waals surface area contributed by atoms with Crippen LogP contribution in [-0.2, 0) is 6.42 Å². The molecule has 3 aromatic carbocycles. The van der Waals surface area contributed by atoms with Crippen LogP contribution < -0.4 is 5.32 Å². The number of rotatable bonds is 4. The molecule has 0 fully saturated rings. The maximum absolute atomic E-state index is 9.68. The highest BCUT2D eigenvalue weighted by molar-refractivity contribution is 6.18. The molecule has 4 heteroatoms. The van der Waals surface area contributed by atoms with E-state index in [0.717, 1.165) is 40.7 Å². The van der Waals surface area contributed by atoms with Crippen molar-refractivity contribution in [2.45, 2.75) is 18.9 Å². The predicted molar refractivity (Wildman–Crippen MR) is 117 cm³/mol. The molecule has 0 amide bonds. The van der Waals surface area contributed by atoms with E-state index in [0.29, 0.717) is 11.8 Å². The Hall–Kier alpha value is -3.66. The van der Waals surface area contributed by atoms with Gasteiger partial charge in [-0.1, -0.05) is 71.9 Å². The van der Waals surface area contributed by atoms with Crippen molar-refractivity contribution in [2.75, 3.05) is 5.32 Å². The highest BCUT2D eigenvalue weighted by atomic mass is 16.4. The molecule has 1 aromatic heterocycles. The average Bonchev–Trinajstić information content (AvgIpc) is 3.18. The van der Waals surface area contributed by atoms with Gasteiger partial charge in [0.15, 0.2) is 0 Å². The topological polar surface area (TPSA) is 57.5 Å². The molecule has 0 unspecified atom stereocenters. The SMILES string of the molecule is O/N=C(/c1ccccc1)c1cccc2nc(N[C@@H]3CCc4ccccc43)ccc12. The number of oxime groups is 1. The number of pyridine rings is 1. The van der Waals surface area contributed by atoms with E-state index in [-0.39, 0.29) is 0 Å². The first-order chi connectivity index (χ1) is 14.3. The Morgan fingerprint density at radius 1 is 0.897 bits per heavy atom. The summed E-state index contributed by atoms with van der Waals surface area (Å²) in [4.78, 5) is 4.83. The molecule has 0 saturated carbocycles. The number of aryl methyl sites for hydroxylation is 1. The Morgan fingerprint density at radius 3 is 2.59 bits per heavy atom. The fourth-order valence-electron chi connectivity index (χ4n) is 4.19. The van der Waals surface area contributed by atoms with E-state index in [9.17, 15) is 5.21 Å². The van der Waals surface area contributed by atoms with Gasteiger partial charge in [0.2, 0.25) is 0 Å². The predicted octanol–water partition coefficient (Wildman–Crippen LogP) is 5.56. The summed E-state index contributed by atoms with van der Waals surface area (Å²) in [5.41, 5.74) is 5.93. The molecule has 0 bridgehead atoms. The van der Waals surface area contributed by atoms with Gasteiger partial charge in [0.25, 0.3) is 0 Å². The van der Waals surface area contributed by atoms with Crippen molar-refractivity contribution in [1.29, 1.82) is 0 Å². The smallest absolute Gasteiger partial charge is 0.127 e. The van der Waals surface area contributed by atoms with Crippen LogP contribution in [0, 0.1) is 0 Å². The molecule has 1 heterocycles. The summed E-state index contributed by atoms with van der Waals surface area (Å²) in [6.45, 7) is 0. The van der Waals surface area contributed by atoms with Crippen LogP contribution in [0.4, 0.5) is 5.82 Å². The highest BCUT2D eigenvalue weighted by Gasteiger charge is 2.22. The lowest BCUT2D eigenvalue weighted by molar-refractivity contribution is 0.319.